The second-order valence-corrected chi connectivity index (χ2v) is 5.40. The van der Waals surface area contributed by atoms with Gasteiger partial charge in [0.15, 0.2) is 0 Å². The number of fused-ring (bicyclic) bond motifs is 1. The van der Waals surface area contributed by atoms with E-state index in [-0.39, 0.29) is 17.9 Å². The number of hydrogen-bond donors (Lipinski definition) is 1. The number of hydrogen-bond acceptors (Lipinski definition) is 3. The normalized spacial score (nSPS) is 26.5. The molecule has 2 aliphatic heterocycles. The summed E-state index contributed by atoms with van der Waals surface area (Å²) in [5.41, 5.74) is 2.41. The highest BCUT2D eigenvalue weighted by atomic mass is 16.5. The van der Waals surface area contributed by atoms with Crippen LogP contribution in [0.5, 0.6) is 0 Å². The lowest BCUT2D eigenvalue weighted by Gasteiger charge is -2.35. The third kappa shape index (κ3) is 2.59. The molecule has 1 saturated heterocycles. The Morgan fingerprint density at radius 2 is 2.26 bits per heavy atom. The van der Waals surface area contributed by atoms with E-state index in [1.165, 1.54) is 11.3 Å². The fourth-order valence-electron chi connectivity index (χ4n) is 2.89. The van der Waals surface area contributed by atoms with Gasteiger partial charge in [-0.25, -0.2) is 0 Å². The largest absolute Gasteiger partial charge is 0.384 e. The lowest BCUT2D eigenvalue weighted by Crippen LogP contribution is -2.49. The van der Waals surface area contributed by atoms with Gasteiger partial charge in [0.1, 0.15) is 0 Å². The average molecular weight is 260 g/mol. The Bertz CT molecular complexity index is 475. The summed E-state index contributed by atoms with van der Waals surface area (Å²) in [6, 6.07) is 8.23. The first-order valence-electron chi connectivity index (χ1n) is 6.96. The molecule has 2 unspecified atom stereocenters. The summed E-state index contributed by atoms with van der Waals surface area (Å²) < 4.78 is 5.49. The van der Waals surface area contributed by atoms with Gasteiger partial charge in [-0.1, -0.05) is 18.2 Å². The molecule has 0 saturated carbocycles. The average Bonchev–Trinajstić information content (AvgIpc) is 2.46. The van der Waals surface area contributed by atoms with Gasteiger partial charge in [-0.05, 0) is 25.0 Å². The molecule has 2 heterocycles. The Morgan fingerprint density at radius 1 is 1.42 bits per heavy atom. The van der Waals surface area contributed by atoms with Crippen molar-refractivity contribution in [2.45, 2.75) is 19.4 Å². The topological polar surface area (TPSA) is 41.6 Å². The van der Waals surface area contributed by atoms with Crippen LogP contribution in [0.3, 0.4) is 0 Å². The number of morpholine rings is 1. The van der Waals surface area contributed by atoms with Gasteiger partial charge in [0, 0.05) is 25.3 Å². The Morgan fingerprint density at radius 3 is 3.11 bits per heavy atom. The molecule has 1 amide bonds. The van der Waals surface area contributed by atoms with Crippen LogP contribution in [0.2, 0.25) is 0 Å². The van der Waals surface area contributed by atoms with E-state index in [0.29, 0.717) is 6.61 Å². The summed E-state index contributed by atoms with van der Waals surface area (Å²) >= 11 is 0. The molecule has 4 nitrogen and oxygen atoms in total. The molecule has 102 valence electrons. The highest BCUT2D eigenvalue weighted by Crippen LogP contribution is 2.25. The second kappa shape index (κ2) is 5.21. The fraction of sp³-hybridized carbons (Fsp3) is 0.533. The molecule has 2 aliphatic rings. The number of para-hydroxylation sites is 1. The molecule has 1 fully saturated rings. The first kappa shape index (κ1) is 12.5. The molecule has 1 aromatic carbocycles. The number of carbonyl (C=O) groups excluding carboxylic acids is 1. The van der Waals surface area contributed by atoms with Gasteiger partial charge in [-0.2, -0.15) is 0 Å². The fourth-order valence-corrected chi connectivity index (χ4v) is 2.89. The van der Waals surface area contributed by atoms with Crippen LogP contribution >= 0.6 is 0 Å². The van der Waals surface area contributed by atoms with Crippen LogP contribution in [0, 0.1) is 5.92 Å². The Hall–Kier alpha value is -1.55. The van der Waals surface area contributed by atoms with Crippen molar-refractivity contribution < 1.29 is 9.53 Å². The second-order valence-electron chi connectivity index (χ2n) is 5.40. The van der Waals surface area contributed by atoms with Crippen molar-refractivity contribution in [1.29, 1.82) is 0 Å². The standard InChI is InChI=1S/C15H20N2O2/c1-11-10-17(6-7-19-11)15(18)13-8-12-4-2-3-5-14(12)16-9-13/h2-5,11,13,16H,6-10H2,1H3. The summed E-state index contributed by atoms with van der Waals surface area (Å²) in [7, 11) is 0. The zero-order valence-electron chi connectivity index (χ0n) is 11.3. The molecular formula is C15H20N2O2. The SMILES string of the molecule is CC1CN(C(=O)C2CNc3ccccc3C2)CCO1. The van der Waals surface area contributed by atoms with Gasteiger partial charge >= 0.3 is 0 Å². The maximum absolute atomic E-state index is 12.5. The van der Waals surface area contributed by atoms with Gasteiger partial charge in [-0.3, -0.25) is 4.79 Å². The Labute approximate surface area is 113 Å². The van der Waals surface area contributed by atoms with E-state index in [0.717, 1.165) is 26.1 Å². The van der Waals surface area contributed by atoms with Crippen molar-refractivity contribution in [3.8, 4) is 0 Å². The molecule has 19 heavy (non-hydrogen) atoms. The van der Waals surface area contributed by atoms with E-state index >= 15 is 0 Å². The van der Waals surface area contributed by atoms with E-state index in [9.17, 15) is 4.79 Å². The predicted octanol–water partition coefficient (Wildman–Crippen LogP) is 1.52. The highest BCUT2D eigenvalue weighted by molar-refractivity contribution is 5.81. The number of carbonyl (C=O) groups is 1. The molecule has 0 radical (unpaired) electrons. The van der Waals surface area contributed by atoms with Crippen molar-refractivity contribution in [2.24, 2.45) is 5.92 Å². The molecule has 2 atom stereocenters. The summed E-state index contributed by atoms with van der Waals surface area (Å²) in [5, 5.41) is 3.37. The van der Waals surface area contributed by atoms with Gasteiger partial charge in [0.05, 0.1) is 18.6 Å². The molecule has 1 N–H and O–H groups in total. The molecule has 0 spiro atoms. The number of rotatable bonds is 1. The molecule has 0 bridgehead atoms. The van der Waals surface area contributed by atoms with Crippen LogP contribution in [-0.2, 0) is 16.0 Å². The van der Waals surface area contributed by atoms with Crippen molar-refractivity contribution in [1.82, 2.24) is 4.90 Å². The third-order valence-corrected chi connectivity index (χ3v) is 3.92. The van der Waals surface area contributed by atoms with Gasteiger partial charge in [0.2, 0.25) is 5.91 Å². The number of nitrogens with one attached hydrogen (secondary N) is 1. The first-order valence-corrected chi connectivity index (χ1v) is 6.96. The molecular weight excluding hydrogens is 240 g/mol. The van der Waals surface area contributed by atoms with Crippen molar-refractivity contribution in [2.75, 3.05) is 31.6 Å². The molecule has 0 aliphatic carbocycles. The summed E-state index contributed by atoms with van der Waals surface area (Å²) in [4.78, 5) is 14.5. The maximum atomic E-state index is 12.5. The first-order chi connectivity index (χ1) is 9.24. The van der Waals surface area contributed by atoms with Crippen LogP contribution in [-0.4, -0.2) is 43.2 Å². The molecule has 0 aromatic heterocycles. The van der Waals surface area contributed by atoms with Crippen molar-refractivity contribution in [3.63, 3.8) is 0 Å². The predicted molar refractivity (Wildman–Crippen MR) is 74.1 cm³/mol. The monoisotopic (exact) mass is 260 g/mol. The summed E-state index contributed by atoms with van der Waals surface area (Å²) in [6.07, 6.45) is 0.995. The number of ether oxygens (including phenoxy) is 1. The van der Waals surface area contributed by atoms with E-state index in [2.05, 4.69) is 17.4 Å². The van der Waals surface area contributed by atoms with Gasteiger partial charge < -0.3 is 15.0 Å². The van der Waals surface area contributed by atoms with Gasteiger partial charge in [-0.15, -0.1) is 0 Å². The number of amides is 1. The maximum Gasteiger partial charge on any atom is 0.227 e. The summed E-state index contributed by atoms with van der Waals surface area (Å²) in [5.74, 6) is 0.317. The van der Waals surface area contributed by atoms with Crippen LogP contribution < -0.4 is 5.32 Å². The van der Waals surface area contributed by atoms with E-state index in [4.69, 9.17) is 4.74 Å². The third-order valence-electron chi connectivity index (χ3n) is 3.92. The molecule has 1 aromatic rings. The van der Waals surface area contributed by atoms with Crippen LogP contribution in [0.4, 0.5) is 5.69 Å². The highest BCUT2D eigenvalue weighted by Gasteiger charge is 2.30. The van der Waals surface area contributed by atoms with Crippen molar-refractivity contribution in [3.05, 3.63) is 29.8 Å². The Balaban J connectivity index is 1.69. The molecule has 3 rings (SSSR count). The smallest absolute Gasteiger partial charge is 0.227 e. The molecule has 4 heteroatoms. The van der Waals surface area contributed by atoms with E-state index < -0.39 is 0 Å². The number of anilines is 1. The quantitative estimate of drug-likeness (QED) is 0.832. The zero-order chi connectivity index (χ0) is 13.2. The zero-order valence-corrected chi connectivity index (χ0v) is 11.3. The number of benzene rings is 1. The Kier molecular flexibility index (Phi) is 3.42. The summed E-state index contributed by atoms with van der Waals surface area (Å²) in [6.45, 7) is 4.86. The minimum atomic E-state index is 0.0557. The van der Waals surface area contributed by atoms with Crippen LogP contribution in [0.1, 0.15) is 12.5 Å². The lowest BCUT2D eigenvalue weighted by atomic mass is 9.92. The minimum Gasteiger partial charge on any atom is -0.384 e. The van der Waals surface area contributed by atoms with E-state index in [1.54, 1.807) is 0 Å². The minimum absolute atomic E-state index is 0.0557. The van der Waals surface area contributed by atoms with Crippen LogP contribution in [0.15, 0.2) is 24.3 Å². The van der Waals surface area contributed by atoms with Gasteiger partial charge in [0.25, 0.3) is 0 Å². The van der Waals surface area contributed by atoms with Crippen molar-refractivity contribution >= 4 is 11.6 Å². The van der Waals surface area contributed by atoms with E-state index in [1.807, 2.05) is 24.0 Å². The number of nitrogens with zero attached hydrogens (tertiary/aromatic N) is 1. The van der Waals surface area contributed by atoms with Crippen LogP contribution in [0.25, 0.3) is 0 Å². The lowest BCUT2D eigenvalue weighted by molar-refractivity contribution is -0.142.